The van der Waals surface area contributed by atoms with Gasteiger partial charge in [0.2, 0.25) is 0 Å². The normalized spacial score (nSPS) is 17.6. The lowest BCUT2D eigenvalue weighted by molar-refractivity contribution is 0.0645. The number of Topliss-reactive ketones (excluding diaryl/α,β-unsaturated/α-hetero) is 1. The molecule has 1 aliphatic rings. The van der Waals surface area contributed by atoms with Crippen LogP contribution in [0.15, 0.2) is 16.6 Å². The van der Waals surface area contributed by atoms with Crippen molar-refractivity contribution in [1.82, 2.24) is 4.90 Å². The van der Waals surface area contributed by atoms with Crippen molar-refractivity contribution in [3.05, 3.63) is 33.0 Å². The van der Waals surface area contributed by atoms with Gasteiger partial charge in [0.15, 0.2) is 11.6 Å². The Labute approximate surface area is 138 Å². The number of rotatable bonds is 3. The summed E-state index contributed by atoms with van der Waals surface area (Å²) in [5.41, 5.74) is -0.653. The molecular formula is C16H20BrClFNO. The van der Waals surface area contributed by atoms with Gasteiger partial charge < -0.3 is 0 Å². The third-order valence-electron chi connectivity index (χ3n) is 4.23. The van der Waals surface area contributed by atoms with Crippen LogP contribution < -0.4 is 0 Å². The minimum atomic E-state index is -0.720. The minimum Gasteiger partial charge on any atom is -0.292 e. The summed E-state index contributed by atoms with van der Waals surface area (Å²) in [7, 11) is 0. The first-order chi connectivity index (χ1) is 9.85. The number of likely N-dealkylation sites (tertiary alicyclic amines) is 1. The summed E-state index contributed by atoms with van der Waals surface area (Å²) < 4.78 is 14.8. The van der Waals surface area contributed by atoms with E-state index in [0.717, 1.165) is 25.9 Å². The Balaban J connectivity index is 2.31. The molecule has 0 unspecified atom stereocenters. The van der Waals surface area contributed by atoms with Crippen LogP contribution in [-0.4, -0.2) is 29.3 Å². The molecule has 0 saturated carbocycles. The number of nitrogens with zero attached hydrogens (tertiary/aromatic N) is 1. The number of hydrogen-bond acceptors (Lipinski definition) is 2. The van der Waals surface area contributed by atoms with Crippen molar-refractivity contribution in [3.63, 3.8) is 0 Å². The molecular weight excluding hydrogens is 357 g/mol. The number of carbonyl (C=O) groups is 1. The van der Waals surface area contributed by atoms with E-state index in [2.05, 4.69) is 20.8 Å². The molecule has 1 heterocycles. The summed E-state index contributed by atoms with van der Waals surface area (Å²) in [6.07, 6.45) is 4.55. The first-order valence-corrected chi connectivity index (χ1v) is 8.46. The summed E-state index contributed by atoms with van der Waals surface area (Å²) in [6, 6.07) is 3.13. The molecule has 1 aromatic carbocycles. The van der Waals surface area contributed by atoms with Gasteiger partial charge in [-0.05, 0) is 67.8 Å². The molecule has 0 N–H and O–H groups in total. The van der Waals surface area contributed by atoms with E-state index in [4.69, 9.17) is 11.6 Å². The Kier molecular flexibility index (Phi) is 5.44. The lowest BCUT2D eigenvalue weighted by Gasteiger charge is -2.36. The van der Waals surface area contributed by atoms with Gasteiger partial charge in [0.1, 0.15) is 0 Å². The zero-order chi connectivity index (χ0) is 15.6. The predicted octanol–water partition coefficient (Wildman–Crippen LogP) is 5.08. The molecule has 1 fully saturated rings. The highest BCUT2D eigenvalue weighted by atomic mass is 79.9. The second-order valence-corrected chi connectivity index (χ2v) is 7.24. The monoisotopic (exact) mass is 375 g/mol. The maximum atomic E-state index is 14.3. The Morgan fingerprint density at radius 1 is 1.24 bits per heavy atom. The van der Waals surface area contributed by atoms with Gasteiger partial charge in [-0.2, -0.15) is 0 Å². The molecule has 2 rings (SSSR count). The molecule has 0 amide bonds. The molecule has 0 aromatic heterocycles. The lowest BCUT2D eigenvalue weighted by Crippen LogP contribution is -2.50. The average molecular weight is 377 g/mol. The Bertz CT molecular complexity index is 539. The second-order valence-electron chi connectivity index (χ2n) is 6.01. The van der Waals surface area contributed by atoms with Crippen LogP contribution >= 0.6 is 27.5 Å². The summed E-state index contributed by atoms with van der Waals surface area (Å²) in [5.74, 6) is -0.852. The summed E-state index contributed by atoms with van der Waals surface area (Å²) in [6.45, 7) is 5.50. The molecule has 1 saturated heterocycles. The predicted molar refractivity (Wildman–Crippen MR) is 87.6 cm³/mol. The molecule has 1 aliphatic heterocycles. The molecule has 0 bridgehead atoms. The fraction of sp³-hybridized carbons (Fsp3) is 0.562. The Morgan fingerprint density at radius 2 is 1.81 bits per heavy atom. The van der Waals surface area contributed by atoms with E-state index >= 15 is 0 Å². The number of hydrogen-bond donors (Lipinski definition) is 0. The topological polar surface area (TPSA) is 20.3 Å². The molecule has 2 nitrogen and oxygen atoms in total. The molecule has 0 aliphatic carbocycles. The average Bonchev–Trinajstić information content (AvgIpc) is 2.74. The number of benzene rings is 1. The molecule has 21 heavy (non-hydrogen) atoms. The second kappa shape index (κ2) is 6.76. The molecule has 0 atom stereocenters. The largest absolute Gasteiger partial charge is 0.292 e. The summed E-state index contributed by atoms with van der Waals surface area (Å²) in [4.78, 5) is 15.0. The van der Waals surface area contributed by atoms with Crippen LogP contribution in [0.4, 0.5) is 4.39 Å². The molecule has 0 spiro atoms. The van der Waals surface area contributed by atoms with Crippen molar-refractivity contribution in [1.29, 1.82) is 0 Å². The van der Waals surface area contributed by atoms with Crippen molar-refractivity contribution in [2.45, 2.75) is 45.1 Å². The quantitative estimate of drug-likeness (QED) is 0.541. The van der Waals surface area contributed by atoms with E-state index in [0.29, 0.717) is 4.47 Å². The van der Waals surface area contributed by atoms with Gasteiger partial charge in [-0.1, -0.05) is 24.4 Å². The molecule has 5 heteroatoms. The Hall–Kier alpha value is -0.450. The first-order valence-electron chi connectivity index (χ1n) is 7.29. The van der Waals surface area contributed by atoms with Crippen LogP contribution in [0.25, 0.3) is 0 Å². The number of ketones is 1. The summed E-state index contributed by atoms with van der Waals surface area (Å²) in [5, 5.41) is -0.0347. The maximum absolute atomic E-state index is 14.3. The van der Waals surface area contributed by atoms with Crippen LogP contribution in [-0.2, 0) is 0 Å². The minimum absolute atomic E-state index is 0.0347. The SMILES string of the molecule is CC(C)(C(=O)c1ccc(Br)c(Cl)c1F)N1CCCCCC1. The van der Waals surface area contributed by atoms with Crippen molar-refractivity contribution in [2.75, 3.05) is 13.1 Å². The van der Waals surface area contributed by atoms with Crippen molar-refractivity contribution < 1.29 is 9.18 Å². The first kappa shape index (κ1) is 16.9. The smallest absolute Gasteiger partial charge is 0.185 e. The van der Waals surface area contributed by atoms with E-state index in [-0.39, 0.29) is 16.4 Å². The van der Waals surface area contributed by atoms with Gasteiger partial charge in [-0.15, -0.1) is 0 Å². The van der Waals surface area contributed by atoms with Crippen LogP contribution in [0.2, 0.25) is 5.02 Å². The molecule has 0 radical (unpaired) electrons. The summed E-state index contributed by atoms with van der Waals surface area (Å²) >= 11 is 9.07. The van der Waals surface area contributed by atoms with E-state index in [1.165, 1.54) is 18.9 Å². The fourth-order valence-electron chi connectivity index (χ4n) is 2.80. The third kappa shape index (κ3) is 3.49. The van der Waals surface area contributed by atoms with Gasteiger partial charge >= 0.3 is 0 Å². The van der Waals surface area contributed by atoms with Crippen LogP contribution in [0.3, 0.4) is 0 Å². The van der Waals surface area contributed by atoms with Crippen LogP contribution in [0.5, 0.6) is 0 Å². The highest BCUT2D eigenvalue weighted by molar-refractivity contribution is 9.10. The standard InChI is InChI=1S/C16H20BrClFNO/c1-16(2,20-9-5-3-4-6-10-20)15(21)11-7-8-12(17)13(18)14(11)19/h7-8H,3-6,9-10H2,1-2H3. The van der Waals surface area contributed by atoms with Crippen molar-refractivity contribution in [2.24, 2.45) is 0 Å². The highest BCUT2D eigenvalue weighted by Gasteiger charge is 2.36. The van der Waals surface area contributed by atoms with Gasteiger partial charge in [0, 0.05) is 4.47 Å². The Morgan fingerprint density at radius 3 is 2.38 bits per heavy atom. The van der Waals surface area contributed by atoms with Crippen LogP contribution in [0, 0.1) is 5.82 Å². The molecule has 1 aromatic rings. The lowest BCUT2D eigenvalue weighted by atomic mass is 9.90. The van der Waals surface area contributed by atoms with E-state index in [1.54, 1.807) is 6.07 Å². The van der Waals surface area contributed by atoms with E-state index in [1.807, 2.05) is 13.8 Å². The van der Waals surface area contributed by atoms with Gasteiger partial charge in [0.25, 0.3) is 0 Å². The third-order valence-corrected chi connectivity index (χ3v) is 5.49. The van der Waals surface area contributed by atoms with Gasteiger partial charge in [-0.3, -0.25) is 9.69 Å². The molecule has 116 valence electrons. The fourth-order valence-corrected chi connectivity index (χ4v) is 3.28. The maximum Gasteiger partial charge on any atom is 0.185 e. The zero-order valence-electron chi connectivity index (χ0n) is 12.4. The van der Waals surface area contributed by atoms with Gasteiger partial charge in [-0.25, -0.2) is 4.39 Å². The number of carbonyl (C=O) groups excluding carboxylic acids is 1. The zero-order valence-corrected chi connectivity index (χ0v) is 14.7. The van der Waals surface area contributed by atoms with E-state index < -0.39 is 11.4 Å². The number of halogens is 3. The van der Waals surface area contributed by atoms with E-state index in [9.17, 15) is 9.18 Å². The van der Waals surface area contributed by atoms with Crippen molar-refractivity contribution in [3.8, 4) is 0 Å². The van der Waals surface area contributed by atoms with Crippen molar-refractivity contribution >= 4 is 33.3 Å². The highest BCUT2D eigenvalue weighted by Crippen LogP contribution is 2.31. The van der Waals surface area contributed by atoms with Crippen LogP contribution in [0.1, 0.15) is 49.9 Å². The van der Waals surface area contributed by atoms with Gasteiger partial charge in [0.05, 0.1) is 16.1 Å².